The number of carbonyl (C=O) groups excluding carboxylic acids is 2. The average molecular weight is 428 g/mol. The minimum atomic E-state index is -0.610. The third-order valence-corrected chi connectivity index (χ3v) is 4.67. The van der Waals surface area contributed by atoms with Gasteiger partial charge in [-0.15, -0.1) is 0 Å². The summed E-state index contributed by atoms with van der Waals surface area (Å²) >= 11 is 24.1. The number of halogens is 4. The lowest BCUT2D eigenvalue weighted by atomic mass is 10.0. The first-order valence-electron chi connectivity index (χ1n) is 7.31. The van der Waals surface area contributed by atoms with Gasteiger partial charge in [0.1, 0.15) is 21.5 Å². The second kappa shape index (κ2) is 7.72. The van der Waals surface area contributed by atoms with E-state index in [1.165, 1.54) is 0 Å². The van der Waals surface area contributed by atoms with E-state index >= 15 is 0 Å². The number of nitrogens with one attached hydrogen (secondary N) is 2. The first kappa shape index (κ1) is 18.8. The van der Waals surface area contributed by atoms with Gasteiger partial charge in [0.2, 0.25) is 11.6 Å². The highest BCUT2D eigenvalue weighted by atomic mass is 35.5. The van der Waals surface area contributed by atoms with Crippen molar-refractivity contribution in [2.24, 2.45) is 0 Å². The fraction of sp³-hybridized carbons (Fsp3) is 0. The molecule has 0 atom stereocenters. The summed E-state index contributed by atoms with van der Waals surface area (Å²) in [5.41, 5.74) is 0.784. The molecule has 2 N–H and O–H groups in total. The van der Waals surface area contributed by atoms with Crippen molar-refractivity contribution in [1.29, 1.82) is 0 Å². The van der Waals surface area contributed by atoms with Gasteiger partial charge in [-0.25, -0.2) is 0 Å². The number of benzene rings is 2. The van der Waals surface area contributed by atoms with Crippen LogP contribution < -0.4 is 10.6 Å². The Morgan fingerprint density at radius 1 is 0.615 bits per heavy atom. The molecule has 0 spiro atoms. The van der Waals surface area contributed by atoms with Gasteiger partial charge in [0.25, 0.3) is 0 Å². The van der Waals surface area contributed by atoms with E-state index in [1.54, 1.807) is 48.5 Å². The lowest BCUT2D eigenvalue weighted by Gasteiger charge is -2.20. The van der Waals surface area contributed by atoms with Crippen LogP contribution in [0.4, 0.5) is 11.4 Å². The molecule has 0 bridgehead atoms. The molecule has 2 aromatic rings. The highest BCUT2D eigenvalue weighted by Crippen LogP contribution is 2.31. The van der Waals surface area contributed by atoms with Crippen LogP contribution in [-0.2, 0) is 9.59 Å². The van der Waals surface area contributed by atoms with Gasteiger partial charge in [-0.1, -0.05) is 58.5 Å². The van der Waals surface area contributed by atoms with Crippen LogP contribution in [0.3, 0.4) is 0 Å². The molecule has 0 radical (unpaired) electrons. The molecule has 0 saturated carbocycles. The molecule has 3 rings (SSSR count). The summed E-state index contributed by atoms with van der Waals surface area (Å²) in [6.45, 7) is 0. The summed E-state index contributed by atoms with van der Waals surface area (Å²) in [6, 6.07) is 13.3. The first-order chi connectivity index (χ1) is 12.4. The molecule has 8 heteroatoms. The fourth-order valence-electron chi connectivity index (χ4n) is 2.29. The molecule has 0 aromatic heterocycles. The number of allylic oxidation sites excluding steroid dienone is 2. The number of Topliss-reactive ketones (excluding diaryl/α,β-unsaturated/α-hetero) is 2. The summed E-state index contributed by atoms with van der Waals surface area (Å²) in [5.74, 6) is -1.22. The Morgan fingerprint density at radius 3 is 1.35 bits per heavy atom. The second-order valence-corrected chi connectivity index (χ2v) is 6.94. The summed E-state index contributed by atoms with van der Waals surface area (Å²) in [4.78, 5) is 25.2. The Kier molecular flexibility index (Phi) is 5.58. The van der Waals surface area contributed by atoms with E-state index in [1.807, 2.05) is 0 Å². The first-order valence-corrected chi connectivity index (χ1v) is 8.82. The van der Waals surface area contributed by atoms with Crippen molar-refractivity contribution >= 4 is 69.3 Å². The van der Waals surface area contributed by atoms with Gasteiger partial charge in [-0.3, -0.25) is 9.59 Å². The minimum absolute atomic E-state index is 0.111. The standard InChI is InChI=1S/C18H10Cl4N2O2/c19-9-3-1-5-11(7-9)23-15-13(21)18(26)16(14(22)17(15)25)24-12-6-2-4-10(20)8-12/h1-8,23-24H. The zero-order valence-corrected chi connectivity index (χ0v) is 16.0. The Bertz CT molecular complexity index is 903. The molecule has 0 heterocycles. The highest BCUT2D eigenvalue weighted by molar-refractivity contribution is 6.56. The minimum Gasteiger partial charge on any atom is -0.351 e. The van der Waals surface area contributed by atoms with E-state index in [2.05, 4.69) is 10.6 Å². The molecular weight excluding hydrogens is 418 g/mol. The maximum absolute atomic E-state index is 12.6. The Morgan fingerprint density at radius 2 is 1.00 bits per heavy atom. The van der Waals surface area contributed by atoms with Crippen molar-refractivity contribution in [1.82, 2.24) is 0 Å². The SMILES string of the molecule is O=C1C(Cl)=C(Nc2cccc(Cl)c2)C(=O)C(Cl)=C1Nc1cccc(Cl)c1. The fourth-order valence-corrected chi connectivity index (χ4v) is 3.13. The van der Waals surface area contributed by atoms with E-state index in [4.69, 9.17) is 46.4 Å². The van der Waals surface area contributed by atoms with E-state index < -0.39 is 11.6 Å². The monoisotopic (exact) mass is 426 g/mol. The summed E-state index contributed by atoms with van der Waals surface area (Å²) in [7, 11) is 0. The van der Waals surface area contributed by atoms with Crippen molar-refractivity contribution in [2.75, 3.05) is 10.6 Å². The number of hydrogen-bond donors (Lipinski definition) is 2. The maximum Gasteiger partial charge on any atom is 0.224 e. The van der Waals surface area contributed by atoms with Crippen LogP contribution in [0, 0.1) is 0 Å². The lowest BCUT2D eigenvalue weighted by molar-refractivity contribution is -0.115. The third kappa shape index (κ3) is 3.89. The van der Waals surface area contributed by atoms with Crippen LogP contribution in [0.2, 0.25) is 10.0 Å². The molecule has 0 fully saturated rings. The van der Waals surface area contributed by atoms with Gasteiger partial charge in [0, 0.05) is 21.4 Å². The van der Waals surface area contributed by atoms with E-state index in [0.717, 1.165) is 0 Å². The molecular formula is C18H10Cl4N2O2. The molecule has 132 valence electrons. The summed E-state index contributed by atoms with van der Waals surface area (Å²) < 4.78 is 0. The normalized spacial score (nSPS) is 14.8. The molecule has 2 aromatic carbocycles. The molecule has 0 amide bonds. The Labute approximate surface area is 169 Å². The van der Waals surface area contributed by atoms with Gasteiger partial charge in [0.15, 0.2) is 0 Å². The van der Waals surface area contributed by atoms with Gasteiger partial charge in [-0.05, 0) is 36.4 Å². The smallest absolute Gasteiger partial charge is 0.224 e. The van der Waals surface area contributed by atoms with Gasteiger partial charge >= 0.3 is 0 Å². The number of hydrogen-bond acceptors (Lipinski definition) is 4. The molecule has 0 saturated heterocycles. The number of ketones is 2. The van der Waals surface area contributed by atoms with E-state index in [-0.39, 0.29) is 21.5 Å². The molecule has 4 nitrogen and oxygen atoms in total. The van der Waals surface area contributed by atoms with Gasteiger partial charge in [0.05, 0.1) is 0 Å². The number of anilines is 2. The molecule has 0 unspecified atom stereocenters. The van der Waals surface area contributed by atoms with Crippen molar-refractivity contribution < 1.29 is 9.59 Å². The second-order valence-electron chi connectivity index (χ2n) is 5.31. The van der Waals surface area contributed by atoms with Crippen LogP contribution in [0.1, 0.15) is 0 Å². The topological polar surface area (TPSA) is 58.2 Å². The van der Waals surface area contributed by atoms with Crippen molar-refractivity contribution in [3.8, 4) is 0 Å². The van der Waals surface area contributed by atoms with Crippen LogP contribution in [0.15, 0.2) is 70.0 Å². The molecule has 1 aliphatic carbocycles. The zero-order chi connectivity index (χ0) is 18.8. The van der Waals surface area contributed by atoms with Crippen molar-refractivity contribution in [3.05, 3.63) is 80.0 Å². The predicted octanol–water partition coefficient (Wildman–Crippen LogP) is 5.57. The predicted molar refractivity (Wildman–Crippen MR) is 106 cm³/mol. The molecule has 26 heavy (non-hydrogen) atoms. The Balaban J connectivity index is 1.91. The van der Waals surface area contributed by atoms with Crippen LogP contribution in [-0.4, -0.2) is 11.6 Å². The number of rotatable bonds is 4. The van der Waals surface area contributed by atoms with Gasteiger partial charge < -0.3 is 10.6 Å². The van der Waals surface area contributed by atoms with E-state index in [9.17, 15) is 9.59 Å². The largest absolute Gasteiger partial charge is 0.351 e. The zero-order valence-electron chi connectivity index (χ0n) is 12.9. The van der Waals surface area contributed by atoms with Crippen LogP contribution in [0.5, 0.6) is 0 Å². The van der Waals surface area contributed by atoms with Crippen molar-refractivity contribution in [2.45, 2.75) is 0 Å². The van der Waals surface area contributed by atoms with Gasteiger partial charge in [-0.2, -0.15) is 0 Å². The average Bonchev–Trinajstić information content (AvgIpc) is 2.61. The van der Waals surface area contributed by atoms with Crippen LogP contribution >= 0.6 is 46.4 Å². The summed E-state index contributed by atoms with van der Waals surface area (Å²) in [6.07, 6.45) is 0. The van der Waals surface area contributed by atoms with Crippen molar-refractivity contribution in [3.63, 3.8) is 0 Å². The quantitative estimate of drug-likeness (QED) is 0.626. The maximum atomic E-state index is 12.6. The Hall–Kier alpha value is -1.98. The lowest BCUT2D eigenvalue weighted by Crippen LogP contribution is -2.27. The summed E-state index contributed by atoms with van der Waals surface area (Å²) in [5, 5.41) is 5.98. The molecule has 0 aliphatic heterocycles. The third-order valence-electron chi connectivity index (χ3n) is 3.48. The van der Waals surface area contributed by atoms with E-state index in [0.29, 0.717) is 21.4 Å². The molecule has 1 aliphatic rings. The number of carbonyl (C=O) groups is 2. The highest BCUT2D eigenvalue weighted by Gasteiger charge is 2.33. The van der Waals surface area contributed by atoms with Crippen LogP contribution in [0.25, 0.3) is 0 Å².